The van der Waals surface area contributed by atoms with Crippen LogP contribution in [-0.2, 0) is 4.79 Å². The number of fused-ring (bicyclic) bond motifs is 1. The minimum absolute atomic E-state index is 0.116. The molecule has 0 unspecified atom stereocenters. The third-order valence-corrected chi connectivity index (χ3v) is 2.33. The third-order valence-electron chi connectivity index (χ3n) is 2.33. The van der Waals surface area contributed by atoms with Gasteiger partial charge in [0.05, 0.1) is 5.69 Å². The van der Waals surface area contributed by atoms with Crippen molar-refractivity contribution in [2.75, 3.05) is 5.32 Å². The zero-order chi connectivity index (χ0) is 15.1. The summed E-state index contributed by atoms with van der Waals surface area (Å²) in [7, 11) is 0. The van der Waals surface area contributed by atoms with Crippen molar-refractivity contribution in [2.45, 2.75) is 13.1 Å². The first-order valence-corrected chi connectivity index (χ1v) is 5.17. The molecule has 0 saturated carbocycles. The molecule has 0 aromatic carbocycles. The molecule has 1 amide bonds. The molecule has 106 valence electrons. The minimum atomic E-state index is -5.15. The fourth-order valence-electron chi connectivity index (χ4n) is 1.50. The maximum Gasteiger partial charge on any atom is 0.471 e. The van der Waals surface area contributed by atoms with Crippen LogP contribution in [-0.4, -0.2) is 37.8 Å². The molecule has 2 rings (SSSR count). The van der Waals surface area contributed by atoms with Gasteiger partial charge in [0.1, 0.15) is 5.56 Å². The fraction of sp³-hybridized carbons (Fsp3) is 0.200. The van der Waals surface area contributed by atoms with Crippen LogP contribution < -0.4 is 5.32 Å². The second kappa shape index (κ2) is 4.47. The number of carboxylic acid groups (broad SMARTS) is 1. The molecule has 2 N–H and O–H groups in total. The number of carboxylic acids is 1. The predicted octanol–water partition coefficient (Wildman–Crippen LogP) is 1.24. The zero-order valence-electron chi connectivity index (χ0n) is 9.89. The lowest BCUT2D eigenvalue weighted by Crippen LogP contribution is -2.31. The average Bonchev–Trinajstić information content (AvgIpc) is 2.68. The molecular weight excluding hydrogens is 281 g/mol. The number of carbonyl (C=O) groups is 2. The molecule has 0 bridgehead atoms. The van der Waals surface area contributed by atoms with Crippen LogP contribution in [0.5, 0.6) is 0 Å². The number of carbonyl (C=O) groups excluding carboxylic acids is 1. The predicted molar refractivity (Wildman–Crippen MR) is 59.4 cm³/mol. The Bertz CT molecular complexity index is 708. The summed E-state index contributed by atoms with van der Waals surface area (Å²) in [4.78, 5) is 25.7. The molecule has 0 radical (unpaired) electrons. The van der Waals surface area contributed by atoms with Crippen LogP contribution in [0, 0.1) is 6.92 Å². The van der Waals surface area contributed by atoms with E-state index in [0.717, 1.165) is 10.7 Å². The summed E-state index contributed by atoms with van der Waals surface area (Å²) in [5.41, 5.74) is -0.0780. The Hall–Kier alpha value is -2.65. The Morgan fingerprint density at radius 2 is 2.05 bits per heavy atom. The molecule has 2 aromatic heterocycles. The van der Waals surface area contributed by atoms with E-state index in [-0.39, 0.29) is 5.65 Å². The average molecular weight is 288 g/mol. The van der Waals surface area contributed by atoms with Gasteiger partial charge in [0.25, 0.3) is 0 Å². The number of alkyl halides is 3. The van der Waals surface area contributed by atoms with Gasteiger partial charge in [-0.15, -0.1) is 0 Å². The molecular formula is C10H7F3N4O3. The van der Waals surface area contributed by atoms with Gasteiger partial charge >= 0.3 is 18.1 Å². The number of aromatic carboxylic acids is 1. The highest BCUT2D eigenvalue weighted by molar-refractivity contribution is 6.01. The number of aryl methyl sites for hydroxylation is 1. The highest BCUT2D eigenvalue weighted by atomic mass is 19.4. The molecule has 0 aliphatic carbocycles. The summed E-state index contributed by atoms with van der Waals surface area (Å²) in [5.74, 6) is -4.43. The highest BCUT2D eigenvalue weighted by Gasteiger charge is 2.39. The van der Waals surface area contributed by atoms with Gasteiger partial charge < -0.3 is 10.4 Å². The van der Waals surface area contributed by atoms with Crippen LogP contribution in [0.15, 0.2) is 12.3 Å². The molecule has 2 aromatic rings. The molecule has 10 heteroatoms. The van der Waals surface area contributed by atoms with Crippen LogP contribution in [0.2, 0.25) is 0 Å². The number of hydrogen-bond donors (Lipinski definition) is 2. The van der Waals surface area contributed by atoms with Gasteiger partial charge in [-0.1, -0.05) is 0 Å². The number of halogens is 3. The normalized spacial score (nSPS) is 11.6. The summed E-state index contributed by atoms with van der Waals surface area (Å²) >= 11 is 0. The lowest BCUT2D eigenvalue weighted by atomic mass is 10.3. The van der Waals surface area contributed by atoms with E-state index in [0.29, 0.717) is 5.69 Å². The summed E-state index contributed by atoms with van der Waals surface area (Å²) in [6, 6.07) is 1.43. The van der Waals surface area contributed by atoms with Gasteiger partial charge in [-0.25, -0.2) is 9.78 Å². The quantitative estimate of drug-likeness (QED) is 0.866. The Morgan fingerprint density at radius 3 is 2.60 bits per heavy atom. The van der Waals surface area contributed by atoms with Crippen LogP contribution >= 0.6 is 0 Å². The van der Waals surface area contributed by atoms with Crippen molar-refractivity contribution in [3.05, 3.63) is 23.5 Å². The van der Waals surface area contributed by atoms with Gasteiger partial charge in [0, 0.05) is 12.3 Å². The second-order valence-electron chi connectivity index (χ2n) is 3.83. The monoisotopic (exact) mass is 288 g/mol. The molecule has 0 spiro atoms. The fourth-order valence-corrected chi connectivity index (χ4v) is 1.50. The number of nitrogens with zero attached hydrogens (tertiary/aromatic N) is 3. The lowest BCUT2D eigenvalue weighted by Gasteiger charge is -2.11. The van der Waals surface area contributed by atoms with E-state index < -0.39 is 29.4 Å². The van der Waals surface area contributed by atoms with Gasteiger partial charge in [0.2, 0.25) is 0 Å². The van der Waals surface area contributed by atoms with Crippen molar-refractivity contribution in [3.63, 3.8) is 0 Å². The highest BCUT2D eigenvalue weighted by Crippen LogP contribution is 2.21. The van der Waals surface area contributed by atoms with Crippen molar-refractivity contribution in [2.24, 2.45) is 0 Å². The van der Waals surface area contributed by atoms with E-state index in [9.17, 15) is 22.8 Å². The smallest absolute Gasteiger partial charge is 0.471 e. The van der Waals surface area contributed by atoms with Gasteiger partial charge in [0.15, 0.2) is 11.5 Å². The van der Waals surface area contributed by atoms with E-state index in [1.165, 1.54) is 11.4 Å². The molecule has 0 aliphatic rings. The standard InChI is InChI=1S/C10H7F3N4O3/c1-4-2-6-14-3-5(8(18)19)7(17(6)16-4)15-9(20)10(11,12)13/h2-3H,1H3,(H,15,20)(H,18,19). The zero-order valence-corrected chi connectivity index (χ0v) is 9.89. The van der Waals surface area contributed by atoms with Crippen molar-refractivity contribution < 1.29 is 27.9 Å². The van der Waals surface area contributed by atoms with Crippen molar-refractivity contribution >= 4 is 23.3 Å². The molecule has 0 atom stereocenters. The first-order valence-electron chi connectivity index (χ1n) is 5.17. The van der Waals surface area contributed by atoms with Crippen LogP contribution in [0.25, 0.3) is 5.65 Å². The third kappa shape index (κ3) is 2.39. The number of rotatable bonds is 2. The van der Waals surface area contributed by atoms with Crippen LogP contribution in [0.3, 0.4) is 0 Å². The molecule has 7 nitrogen and oxygen atoms in total. The van der Waals surface area contributed by atoms with Gasteiger partial charge in [-0.3, -0.25) is 4.79 Å². The largest absolute Gasteiger partial charge is 0.477 e. The first kappa shape index (κ1) is 13.8. The van der Waals surface area contributed by atoms with Crippen LogP contribution in [0.1, 0.15) is 16.1 Å². The number of hydrogen-bond acceptors (Lipinski definition) is 4. The van der Waals surface area contributed by atoms with Gasteiger partial charge in [-0.2, -0.15) is 22.8 Å². The van der Waals surface area contributed by atoms with E-state index in [4.69, 9.17) is 5.11 Å². The summed E-state index contributed by atoms with van der Waals surface area (Å²) in [6.07, 6.45) is -4.29. The maximum atomic E-state index is 12.3. The number of aromatic nitrogens is 3. The van der Waals surface area contributed by atoms with Crippen molar-refractivity contribution in [3.8, 4) is 0 Å². The number of anilines is 1. The van der Waals surface area contributed by atoms with E-state index in [1.807, 2.05) is 0 Å². The number of nitrogens with one attached hydrogen (secondary N) is 1. The maximum absolute atomic E-state index is 12.3. The Morgan fingerprint density at radius 1 is 1.40 bits per heavy atom. The SMILES string of the molecule is Cc1cc2ncc(C(=O)O)c(NC(=O)C(F)(F)F)n2n1. The lowest BCUT2D eigenvalue weighted by molar-refractivity contribution is -0.167. The Labute approximate surface area is 109 Å². The first-order chi connectivity index (χ1) is 9.20. The second-order valence-corrected chi connectivity index (χ2v) is 3.83. The Kier molecular flexibility index (Phi) is 3.08. The molecule has 2 heterocycles. The Balaban J connectivity index is 2.61. The van der Waals surface area contributed by atoms with E-state index in [2.05, 4.69) is 10.1 Å². The molecule has 0 saturated heterocycles. The minimum Gasteiger partial charge on any atom is -0.477 e. The van der Waals surface area contributed by atoms with Crippen LogP contribution in [0.4, 0.5) is 19.0 Å². The topological polar surface area (TPSA) is 96.6 Å². The summed E-state index contributed by atoms with van der Waals surface area (Å²) in [5, 5.41) is 14.2. The summed E-state index contributed by atoms with van der Waals surface area (Å²) < 4.78 is 37.6. The molecule has 0 aliphatic heterocycles. The van der Waals surface area contributed by atoms with Crippen molar-refractivity contribution in [1.29, 1.82) is 0 Å². The van der Waals surface area contributed by atoms with Gasteiger partial charge in [-0.05, 0) is 6.92 Å². The van der Waals surface area contributed by atoms with Crippen molar-refractivity contribution in [1.82, 2.24) is 14.6 Å². The van der Waals surface area contributed by atoms with E-state index in [1.54, 1.807) is 6.92 Å². The van der Waals surface area contributed by atoms with E-state index >= 15 is 0 Å². The molecule has 20 heavy (non-hydrogen) atoms. The molecule has 0 fully saturated rings. The summed E-state index contributed by atoms with van der Waals surface area (Å²) in [6.45, 7) is 1.55. The number of amides is 1.